The first-order valence-electron chi connectivity index (χ1n) is 10.5. The van der Waals surface area contributed by atoms with Crippen molar-refractivity contribution >= 4 is 23.8 Å². The lowest BCUT2D eigenvalue weighted by Gasteiger charge is -2.29. The van der Waals surface area contributed by atoms with Crippen LogP contribution in [0.4, 0.5) is 0 Å². The van der Waals surface area contributed by atoms with Crippen molar-refractivity contribution in [2.45, 2.75) is 31.3 Å². The molecule has 0 radical (unpaired) electrons. The molecule has 2 aliphatic heterocycles. The predicted octanol–water partition coefficient (Wildman–Crippen LogP) is 0.352. The molecule has 2 fully saturated rings. The Morgan fingerprint density at radius 2 is 1.85 bits per heavy atom. The van der Waals surface area contributed by atoms with E-state index in [2.05, 4.69) is 5.32 Å². The molecule has 11 nitrogen and oxygen atoms in total. The molecule has 1 aromatic carbocycles. The molecule has 4 atom stereocenters. The van der Waals surface area contributed by atoms with Crippen LogP contribution in [-0.4, -0.2) is 78.9 Å². The van der Waals surface area contributed by atoms with Gasteiger partial charge in [-0.15, -0.1) is 0 Å². The first-order valence-corrected chi connectivity index (χ1v) is 10.5. The maximum Gasteiger partial charge on any atom is 0.341 e. The summed E-state index contributed by atoms with van der Waals surface area (Å²) in [5.41, 5.74) is -1.99. The number of nitrogens with one attached hydrogen (secondary N) is 1. The van der Waals surface area contributed by atoms with E-state index in [1.165, 1.54) is 33.5 Å². The third-order valence-electron chi connectivity index (χ3n) is 6.40. The standard InChI is InChI=1S/C22H28N2O9/c1-5-6-7-24-18(26)15-16(19(24)27)22(10-25,21(29)30)23-17(15)12-8-11(31-2)9-13(32-3)14(12)20(28)33-4/h8-9,15-17,23,25H,5-7,10H2,1-4H3,(H,29,30). The molecule has 0 bridgehead atoms. The van der Waals surface area contributed by atoms with Gasteiger partial charge in [-0.1, -0.05) is 13.3 Å². The van der Waals surface area contributed by atoms with Crippen LogP contribution in [0.25, 0.3) is 0 Å². The number of hydrogen-bond acceptors (Lipinski definition) is 9. The zero-order valence-corrected chi connectivity index (χ0v) is 18.9. The molecular formula is C22H28N2O9. The van der Waals surface area contributed by atoms with Crippen LogP contribution in [0.2, 0.25) is 0 Å². The second-order valence-corrected chi connectivity index (χ2v) is 8.03. The van der Waals surface area contributed by atoms with Gasteiger partial charge in [-0.2, -0.15) is 0 Å². The molecule has 2 saturated heterocycles. The summed E-state index contributed by atoms with van der Waals surface area (Å²) < 4.78 is 15.5. The van der Waals surface area contributed by atoms with Crippen LogP contribution in [0.15, 0.2) is 12.1 Å². The average molecular weight is 464 g/mol. The molecule has 0 aromatic heterocycles. The highest BCUT2D eigenvalue weighted by molar-refractivity contribution is 6.09. The van der Waals surface area contributed by atoms with Gasteiger partial charge >= 0.3 is 11.9 Å². The number of benzene rings is 1. The van der Waals surface area contributed by atoms with Gasteiger partial charge in [-0.25, -0.2) is 4.79 Å². The number of carbonyl (C=O) groups is 4. The van der Waals surface area contributed by atoms with Crippen LogP contribution >= 0.6 is 0 Å². The third-order valence-corrected chi connectivity index (χ3v) is 6.40. The van der Waals surface area contributed by atoms with Gasteiger partial charge in [0, 0.05) is 18.7 Å². The van der Waals surface area contributed by atoms with Crippen LogP contribution in [-0.2, 0) is 19.1 Å². The molecule has 3 rings (SSSR count). The topological polar surface area (TPSA) is 152 Å². The van der Waals surface area contributed by atoms with Crippen molar-refractivity contribution in [3.8, 4) is 11.5 Å². The summed E-state index contributed by atoms with van der Waals surface area (Å²) in [5.74, 6) is -5.65. The van der Waals surface area contributed by atoms with Crippen molar-refractivity contribution in [2.24, 2.45) is 11.8 Å². The quantitative estimate of drug-likeness (QED) is 0.345. The second-order valence-electron chi connectivity index (χ2n) is 8.03. The fourth-order valence-corrected chi connectivity index (χ4v) is 4.73. The van der Waals surface area contributed by atoms with Gasteiger partial charge in [-0.3, -0.25) is 24.6 Å². The Balaban J connectivity index is 2.25. The minimum absolute atomic E-state index is 0.0385. The number of likely N-dealkylation sites (tertiary alicyclic amines) is 1. The minimum Gasteiger partial charge on any atom is -0.497 e. The molecular weight excluding hydrogens is 436 g/mol. The summed E-state index contributed by atoms with van der Waals surface area (Å²) in [7, 11) is 3.90. The van der Waals surface area contributed by atoms with E-state index in [-0.39, 0.29) is 29.2 Å². The van der Waals surface area contributed by atoms with Crippen molar-refractivity contribution in [1.82, 2.24) is 10.2 Å². The molecule has 11 heteroatoms. The monoisotopic (exact) mass is 464 g/mol. The number of imide groups is 1. The highest BCUT2D eigenvalue weighted by Crippen LogP contribution is 2.50. The number of rotatable bonds is 9. The number of carboxylic acid groups (broad SMARTS) is 1. The van der Waals surface area contributed by atoms with Crippen molar-refractivity contribution in [3.63, 3.8) is 0 Å². The van der Waals surface area contributed by atoms with Gasteiger partial charge in [-0.05, 0) is 18.1 Å². The van der Waals surface area contributed by atoms with E-state index in [0.29, 0.717) is 6.42 Å². The summed E-state index contributed by atoms with van der Waals surface area (Å²) in [4.78, 5) is 52.7. The fraction of sp³-hybridized carbons (Fsp3) is 0.545. The highest BCUT2D eigenvalue weighted by atomic mass is 16.5. The number of aliphatic hydroxyl groups excluding tert-OH is 1. The molecule has 180 valence electrons. The average Bonchev–Trinajstić information content (AvgIpc) is 3.30. The van der Waals surface area contributed by atoms with Crippen LogP contribution in [0, 0.1) is 11.8 Å². The molecule has 2 aliphatic rings. The van der Waals surface area contributed by atoms with Crippen molar-refractivity contribution in [1.29, 1.82) is 0 Å². The van der Waals surface area contributed by atoms with E-state index in [9.17, 15) is 29.4 Å². The van der Waals surface area contributed by atoms with E-state index in [1.54, 1.807) is 0 Å². The maximum absolute atomic E-state index is 13.4. The lowest BCUT2D eigenvalue weighted by Crippen LogP contribution is -2.58. The Bertz CT molecular complexity index is 979. The normalized spacial score (nSPS) is 26.3. The summed E-state index contributed by atoms with van der Waals surface area (Å²) in [5, 5.41) is 22.9. The number of unbranched alkanes of at least 4 members (excludes halogenated alkanes) is 1. The van der Waals surface area contributed by atoms with Gasteiger partial charge in [0.1, 0.15) is 17.1 Å². The van der Waals surface area contributed by atoms with Gasteiger partial charge < -0.3 is 24.4 Å². The number of nitrogens with zero attached hydrogens (tertiary/aromatic N) is 1. The molecule has 4 unspecified atom stereocenters. The number of methoxy groups -OCH3 is 3. The SMILES string of the molecule is CCCCN1C(=O)C2C(c3cc(OC)cc(OC)c3C(=O)OC)NC(CO)(C(=O)O)C2C1=O. The zero-order valence-electron chi connectivity index (χ0n) is 18.9. The van der Waals surface area contributed by atoms with E-state index in [1.807, 2.05) is 6.92 Å². The summed E-state index contributed by atoms with van der Waals surface area (Å²) >= 11 is 0. The van der Waals surface area contributed by atoms with Crippen LogP contribution in [0.5, 0.6) is 11.5 Å². The Morgan fingerprint density at radius 3 is 2.36 bits per heavy atom. The molecule has 0 saturated carbocycles. The third kappa shape index (κ3) is 3.70. The number of aliphatic carboxylic acids is 1. The van der Waals surface area contributed by atoms with Crippen LogP contribution < -0.4 is 14.8 Å². The van der Waals surface area contributed by atoms with E-state index >= 15 is 0 Å². The van der Waals surface area contributed by atoms with Gasteiger partial charge in [0.2, 0.25) is 11.8 Å². The van der Waals surface area contributed by atoms with E-state index in [4.69, 9.17) is 14.2 Å². The first kappa shape index (κ1) is 24.5. The molecule has 1 aromatic rings. The summed E-state index contributed by atoms with van der Waals surface area (Å²) in [6.45, 7) is 1.10. The highest BCUT2D eigenvalue weighted by Gasteiger charge is 2.68. The lowest BCUT2D eigenvalue weighted by atomic mass is 9.79. The Labute approximate surface area is 190 Å². The fourth-order valence-electron chi connectivity index (χ4n) is 4.73. The number of carboxylic acids is 1. The number of amides is 2. The van der Waals surface area contributed by atoms with Gasteiger partial charge in [0.15, 0.2) is 5.54 Å². The maximum atomic E-state index is 13.4. The molecule has 33 heavy (non-hydrogen) atoms. The van der Waals surface area contributed by atoms with E-state index < -0.39 is 53.8 Å². The smallest absolute Gasteiger partial charge is 0.341 e. The largest absolute Gasteiger partial charge is 0.497 e. The Morgan fingerprint density at radius 1 is 1.15 bits per heavy atom. The summed E-state index contributed by atoms with van der Waals surface area (Å²) in [6.07, 6.45) is 1.27. The number of aliphatic hydroxyl groups is 1. The van der Waals surface area contributed by atoms with Crippen LogP contribution in [0.1, 0.15) is 41.7 Å². The number of carbonyl (C=O) groups excluding carboxylic acids is 3. The molecule has 2 amide bonds. The first-order chi connectivity index (χ1) is 15.7. The van der Waals surface area contributed by atoms with Crippen molar-refractivity contribution < 1.29 is 43.6 Å². The molecule has 0 spiro atoms. The zero-order chi connectivity index (χ0) is 24.5. The van der Waals surface area contributed by atoms with Crippen molar-refractivity contribution in [2.75, 3.05) is 34.5 Å². The molecule has 3 N–H and O–H groups in total. The number of hydrogen-bond donors (Lipinski definition) is 3. The molecule has 2 heterocycles. The lowest BCUT2D eigenvalue weighted by molar-refractivity contribution is -0.153. The minimum atomic E-state index is -2.12. The van der Waals surface area contributed by atoms with Gasteiger partial charge in [0.25, 0.3) is 0 Å². The molecule has 0 aliphatic carbocycles. The summed E-state index contributed by atoms with van der Waals surface area (Å²) in [6, 6.07) is 1.80. The van der Waals surface area contributed by atoms with Crippen LogP contribution in [0.3, 0.4) is 0 Å². The van der Waals surface area contributed by atoms with Crippen molar-refractivity contribution in [3.05, 3.63) is 23.3 Å². The van der Waals surface area contributed by atoms with Gasteiger partial charge in [0.05, 0.1) is 39.8 Å². The Kier molecular flexibility index (Phi) is 6.94. The number of ether oxygens (including phenoxy) is 3. The number of esters is 1. The Hall–Kier alpha value is -3.18. The predicted molar refractivity (Wildman–Crippen MR) is 113 cm³/mol. The second kappa shape index (κ2) is 9.36. The van der Waals surface area contributed by atoms with E-state index in [0.717, 1.165) is 11.3 Å². The number of fused-ring (bicyclic) bond motifs is 1.